The highest BCUT2D eigenvalue weighted by molar-refractivity contribution is 6.62. The highest BCUT2D eigenvalue weighted by Gasteiger charge is 2.51. The minimum absolute atomic E-state index is 0.105. The van der Waals surface area contributed by atoms with Crippen LogP contribution >= 0.6 is 0 Å². The molecule has 7 nitrogen and oxygen atoms in total. The Morgan fingerprint density at radius 3 is 2.26 bits per heavy atom. The maximum atomic E-state index is 13.2. The number of nitrogens with one attached hydrogen (secondary N) is 1. The van der Waals surface area contributed by atoms with E-state index in [1.165, 1.54) is 0 Å². The molecule has 1 atom stereocenters. The van der Waals surface area contributed by atoms with Crippen LogP contribution in [-0.2, 0) is 18.8 Å². The Morgan fingerprint density at radius 2 is 1.74 bits per heavy atom. The number of benzene rings is 1. The van der Waals surface area contributed by atoms with Crippen molar-refractivity contribution in [3.63, 3.8) is 0 Å². The second-order valence-electron chi connectivity index (χ2n) is 10.1. The van der Waals surface area contributed by atoms with Gasteiger partial charge < -0.3 is 19.4 Å². The number of anilines is 1. The van der Waals surface area contributed by atoms with Crippen molar-refractivity contribution in [3.05, 3.63) is 53.9 Å². The maximum Gasteiger partial charge on any atom is 0.496 e. The summed E-state index contributed by atoms with van der Waals surface area (Å²) >= 11 is 0. The molecule has 1 saturated heterocycles. The van der Waals surface area contributed by atoms with E-state index in [1.807, 2.05) is 39.8 Å². The van der Waals surface area contributed by atoms with E-state index in [0.717, 1.165) is 30.4 Å². The largest absolute Gasteiger partial charge is 0.496 e. The van der Waals surface area contributed by atoms with Crippen molar-refractivity contribution >= 4 is 30.1 Å². The van der Waals surface area contributed by atoms with Crippen LogP contribution < -0.4 is 10.8 Å². The number of carbonyl (C=O) groups is 2. The summed E-state index contributed by atoms with van der Waals surface area (Å²) in [5.74, 6) is -0.291. The molecule has 0 spiro atoms. The van der Waals surface area contributed by atoms with Gasteiger partial charge in [-0.1, -0.05) is 18.9 Å². The molecule has 34 heavy (non-hydrogen) atoms. The van der Waals surface area contributed by atoms with Gasteiger partial charge in [-0.2, -0.15) is 0 Å². The first-order valence-electron chi connectivity index (χ1n) is 12.0. The highest BCUT2D eigenvalue weighted by Crippen LogP contribution is 2.39. The number of aromatic nitrogens is 1. The smallest absolute Gasteiger partial charge is 0.462 e. The fraction of sp³-hybridized carbons (Fsp3) is 0.500. The van der Waals surface area contributed by atoms with Gasteiger partial charge in [0.25, 0.3) is 0 Å². The van der Waals surface area contributed by atoms with Gasteiger partial charge in [0.2, 0.25) is 5.91 Å². The van der Waals surface area contributed by atoms with Crippen molar-refractivity contribution in [2.24, 2.45) is 5.92 Å². The number of esters is 1. The molecule has 2 aromatic rings. The minimum atomic E-state index is -0.486. The summed E-state index contributed by atoms with van der Waals surface area (Å²) in [5, 5.41) is 2.98. The predicted octanol–water partition coefficient (Wildman–Crippen LogP) is 4.08. The summed E-state index contributed by atoms with van der Waals surface area (Å²) in [6.07, 6.45) is 4.79. The topological polar surface area (TPSA) is 86.8 Å². The summed E-state index contributed by atoms with van der Waals surface area (Å²) in [6.45, 7) is 10.2. The SMILES string of the molecule is CCOC(=O)c1ccc(NC(=O)C(CC2CC2)c2ccc(B3OC(C)(C)C(C)(C)O3)cn2)cc1. The van der Waals surface area contributed by atoms with Gasteiger partial charge in [0.1, 0.15) is 0 Å². The van der Waals surface area contributed by atoms with Crippen LogP contribution in [0.1, 0.15) is 75.9 Å². The molecule has 2 heterocycles. The molecular weight excluding hydrogens is 431 g/mol. The predicted molar refractivity (Wildman–Crippen MR) is 131 cm³/mol. The van der Waals surface area contributed by atoms with Crippen molar-refractivity contribution in [2.45, 2.75) is 71.0 Å². The molecule has 1 aromatic heterocycles. The molecule has 1 unspecified atom stereocenters. The standard InChI is InChI=1S/C26H33BN2O5/c1-6-32-24(31)18-9-12-20(13-10-18)29-23(30)21(15-17-7-8-17)22-14-11-19(16-28-22)27-33-25(2,3)26(4,5)34-27/h9-14,16-17,21H,6-8,15H2,1-5H3,(H,29,30). The monoisotopic (exact) mass is 464 g/mol. The number of pyridine rings is 1. The number of hydrogen-bond donors (Lipinski definition) is 1. The van der Waals surface area contributed by atoms with Crippen molar-refractivity contribution in [1.29, 1.82) is 0 Å². The van der Waals surface area contributed by atoms with Crippen LogP contribution in [-0.4, -0.2) is 41.8 Å². The molecule has 180 valence electrons. The molecule has 1 saturated carbocycles. The Labute approximate surface area is 201 Å². The zero-order chi connectivity index (χ0) is 24.5. The molecule has 1 aliphatic heterocycles. The summed E-state index contributed by atoms with van der Waals surface area (Å²) < 4.78 is 17.2. The van der Waals surface area contributed by atoms with Gasteiger partial charge in [-0.25, -0.2) is 4.79 Å². The quantitative estimate of drug-likeness (QED) is 0.468. The van der Waals surface area contributed by atoms with E-state index in [-0.39, 0.29) is 17.8 Å². The molecule has 1 amide bonds. The summed E-state index contributed by atoms with van der Waals surface area (Å²) in [7, 11) is -0.486. The lowest BCUT2D eigenvalue weighted by Crippen LogP contribution is -2.41. The van der Waals surface area contributed by atoms with Gasteiger partial charge >= 0.3 is 13.1 Å². The lowest BCUT2D eigenvalue weighted by atomic mass is 9.80. The summed E-state index contributed by atoms with van der Waals surface area (Å²) in [5.41, 5.74) is 1.80. The van der Waals surface area contributed by atoms with Crippen LogP contribution in [0, 0.1) is 5.92 Å². The first kappa shape index (κ1) is 24.4. The first-order chi connectivity index (χ1) is 16.1. The van der Waals surface area contributed by atoms with Crippen molar-refractivity contribution < 1.29 is 23.6 Å². The number of hydrogen-bond acceptors (Lipinski definition) is 6. The molecule has 2 fully saturated rings. The second-order valence-corrected chi connectivity index (χ2v) is 10.1. The minimum Gasteiger partial charge on any atom is -0.462 e. The molecular formula is C26H33BN2O5. The third-order valence-electron chi connectivity index (χ3n) is 6.94. The normalized spacial score (nSPS) is 19.5. The molecule has 0 radical (unpaired) electrons. The van der Waals surface area contributed by atoms with Crippen molar-refractivity contribution in [1.82, 2.24) is 4.98 Å². The maximum absolute atomic E-state index is 13.2. The Hall–Kier alpha value is -2.71. The zero-order valence-electron chi connectivity index (χ0n) is 20.6. The highest BCUT2D eigenvalue weighted by atomic mass is 16.7. The van der Waals surface area contributed by atoms with E-state index in [0.29, 0.717) is 23.8 Å². The van der Waals surface area contributed by atoms with Crippen LogP contribution in [0.15, 0.2) is 42.6 Å². The average Bonchev–Trinajstić information content (AvgIpc) is 3.58. The lowest BCUT2D eigenvalue weighted by Gasteiger charge is -2.32. The number of amides is 1. The first-order valence-corrected chi connectivity index (χ1v) is 12.0. The van der Waals surface area contributed by atoms with Gasteiger partial charge in [-0.05, 0) is 77.3 Å². The van der Waals surface area contributed by atoms with E-state index >= 15 is 0 Å². The van der Waals surface area contributed by atoms with Crippen molar-refractivity contribution in [2.75, 3.05) is 11.9 Å². The van der Waals surface area contributed by atoms with Crippen LogP contribution in [0.2, 0.25) is 0 Å². The molecule has 1 aliphatic carbocycles. The Bertz CT molecular complexity index is 1020. The van der Waals surface area contributed by atoms with E-state index in [9.17, 15) is 9.59 Å². The van der Waals surface area contributed by atoms with E-state index in [2.05, 4.69) is 10.3 Å². The molecule has 1 aromatic carbocycles. The van der Waals surface area contributed by atoms with Crippen LogP contribution in [0.5, 0.6) is 0 Å². The number of nitrogens with zero attached hydrogens (tertiary/aromatic N) is 1. The van der Waals surface area contributed by atoms with Gasteiger partial charge in [0, 0.05) is 17.3 Å². The van der Waals surface area contributed by atoms with Crippen molar-refractivity contribution in [3.8, 4) is 0 Å². The Kier molecular flexibility index (Phi) is 6.83. The Balaban J connectivity index is 1.46. The molecule has 1 N–H and O–H groups in total. The van der Waals surface area contributed by atoms with E-state index < -0.39 is 18.3 Å². The summed E-state index contributed by atoms with van der Waals surface area (Å²) in [6, 6.07) is 10.6. The third kappa shape index (κ3) is 5.34. The van der Waals surface area contributed by atoms with Gasteiger partial charge in [-0.3, -0.25) is 9.78 Å². The fourth-order valence-corrected chi connectivity index (χ4v) is 3.92. The van der Waals surface area contributed by atoms with Gasteiger partial charge in [0.15, 0.2) is 0 Å². The molecule has 2 aliphatic rings. The van der Waals surface area contributed by atoms with Crippen LogP contribution in [0.3, 0.4) is 0 Å². The van der Waals surface area contributed by atoms with E-state index in [1.54, 1.807) is 37.4 Å². The lowest BCUT2D eigenvalue weighted by molar-refractivity contribution is -0.117. The Morgan fingerprint density at radius 1 is 1.09 bits per heavy atom. The zero-order valence-corrected chi connectivity index (χ0v) is 20.6. The molecule has 4 rings (SSSR count). The second kappa shape index (κ2) is 9.51. The molecule has 8 heteroatoms. The average molecular weight is 464 g/mol. The van der Waals surface area contributed by atoms with Gasteiger partial charge in [-0.15, -0.1) is 0 Å². The van der Waals surface area contributed by atoms with Crippen LogP contribution in [0.25, 0.3) is 0 Å². The fourth-order valence-electron chi connectivity index (χ4n) is 3.92. The van der Waals surface area contributed by atoms with Crippen LogP contribution in [0.4, 0.5) is 5.69 Å². The third-order valence-corrected chi connectivity index (χ3v) is 6.94. The number of carbonyl (C=O) groups excluding carboxylic acids is 2. The number of ether oxygens (including phenoxy) is 1. The number of rotatable bonds is 8. The van der Waals surface area contributed by atoms with Gasteiger partial charge in [0.05, 0.1) is 35.0 Å². The molecule has 0 bridgehead atoms. The summed E-state index contributed by atoms with van der Waals surface area (Å²) in [4.78, 5) is 29.7. The van der Waals surface area contributed by atoms with E-state index in [4.69, 9.17) is 14.0 Å².